The normalized spacial score (nSPS) is 28.3. The predicted molar refractivity (Wildman–Crippen MR) is 65.6 cm³/mol. The molecule has 1 rings (SSSR count). The molecule has 4 nitrogen and oxygen atoms in total. The number of carboxylic acids is 1. The number of allylic oxidation sites excluding steroid dienone is 1. The van der Waals surface area contributed by atoms with Gasteiger partial charge in [-0.25, -0.2) is 4.79 Å². The van der Waals surface area contributed by atoms with Crippen molar-refractivity contribution in [3.63, 3.8) is 0 Å². The zero-order valence-electron chi connectivity index (χ0n) is 10.7. The van der Waals surface area contributed by atoms with Crippen molar-refractivity contribution < 1.29 is 14.7 Å². The van der Waals surface area contributed by atoms with Crippen molar-refractivity contribution in [2.75, 3.05) is 0 Å². The van der Waals surface area contributed by atoms with E-state index in [1.165, 1.54) is 6.08 Å². The van der Waals surface area contributed by atoms with Crippen LogP contribution in [0.2, 0.25) is 0 Å². The fourth-order valence-corrected chi connectivity index (χ4v) is 2.42. The largest absolute Gasteiger partial charge is 0.479 e. The van der Waals surface area contributed by atoms with Gasteiger partial charge in [0.15, 0.2) is 0 Å². The van der Waals surface area contributed by atoms with Crippen LogP contribution in [0, 0.1) is 5.92 Å². The Morgan fingerprint density at radius 3 is 2.47 bits per heavy atom. The van der Waals surface area contributed by atoms with E-state index in [4.69, 9.17) is 0 Å². The van der Waals surface area contributed by atoms with Gasteiger partial charge in [0.1, 0.15) is 5.54 Å². The number of amides is 1. The van der Waals surface area contributed by atoms with Crippen LogP contribution in [0.4, 0.5) is 0 Å². The molecule has 96 valence electrons. The Hall–Kier alpha value is -1.32. The summed E-state index contributed by atoms with van der Waals surface area (Å²) in [4.78, 5) is 23.2. The van der Waals surface area contributed by atoms with E-state index in [1.807, 2.05) is 20.8 Å². The standard InChI is InChI=1S/C13H21NO3/c1-9(2)8-11(15)14-13(12(16)17)7-5-4-6-10(13)3/h8,10H,4-7H2,1-3H3,(H,14,15)(H,16,17). The average molecular weight is 239 g/mol. The first-order valence-corrected chi connectivity index (χ1v) is 6.09. The lowest BCUT2D eigenvalue weighted by Gasteiger charge is -2.39. The van der Waals surface area contributed by atoms with E-state index in [1.54, 1.807) is 0 Å². The Morgan fingerprint density at radius 1 is 1.35 bits per heavy atom. The van der Waals surface area contributed by atoms with Crippen LogP contribution in [-0.2, 0) is 9.59 Å². The summed E-state index contributed by atoms with van der Waals surface area (Å²) in [6.45, 7) is 5.53. The first kappa shape index (κ1) is 13.7. The lowest BCUT2D eigenvalue weighted by molar-refractivity contribution is -0.151. The van der Waals surface area contributed by atoms with Gasteiger partial charge in [-0.15, -0.1) is 0 Å². The van der Waals surface area contributed by atoms with E-state index >= 15 is 0 Å². The number of nitrogens with one attached hydrogen (secondary N) is 1. The Balaban J connectivity index is 2.89. The molecule has 0 aliphatic heterocycles. The van der Waals surface area contributed by atoms with Gasteiger partial charge >= 0.3 is 5.97 Å². The van der Waals surface area contributed by atoms with Gasteiger partial charge in [-0.2, -0.15) is 0 Å². The predicted octanol–water partition coefficient (Wildman–Crippen LogP) is 2.10. The van der Waals surface area contributed by atoms with Gasteiger partial charge in [-0.1, -0.05) is 25.3 Å². The molecule has 2 N–H and O–H groups in total. The summed E-state index contributed by atoms with van der Waals surface area (Å²) in [5.41, 5.74) is -0.215. The Bertz CT molecular complexity index is 345. The summed E-state index contributed by atoms with van der Waals surface area (Å²) in [6, 6.07) is 0. The van der Waals surface area contributed by atoms with E-state index in [9.17, 15) is 14.7 Å². The van der Waals surface area contributed by atoms with Crippen molar-refractivity contribution in [2.45, 2.75) is 52.0 Å². The number of carbonyl (C=O) groups is 2. The van der Waals surface area contributed by atoms with Crippen molar-refractivity contribution in [1.29, 1.82) is 0 Å². The molecule has 1 aliphatic rings. The van der Waals surface area contributed by atoms with Gasteiger partial charge in [-0.3, -0.25) is 4.79 Å². The maximum Gasteiger partial charge on any atom is 0.329 e. The first-order chi connectivity index (χ1) is 7.88. The van der Waals surface area contributed by atoms with Crippen molar-refractivity contribution in [3.05, 3.63) is 11.6 Å². The summed E-state index contributed by atoms with van der Waals surface area (Å²) in [6.07, 6.45) is 4.71. The molecule has 0 heterocycles. The van der Waals surface area contributed by atoms with Gasteiger partial charge in [-0.05, 0) is 32.6 Å². The van der Waals surface area contributed by atoms with E-state index < -0.39 is 11.5 Å². The highest BCUT2D eigenvalue weighted by Crippen LogP contribution is 2.33. The Labute approximate surface area is 102 Å². The molecule has 0 aromatic carbocycles. The third-order valence-corrected chi connectivity index (χ3v) is 3.45. The first-order valence-electron chi connectivity index (χ1n) is 6.09. The summed E-state index contributed by atoms with van der Waals surface area (Å²) in [7, 11) is 0. The molecule has 0 saturated heterocycles. The highest BCUT2D eigenvalue weighted by atomic mass is 16.4. The van der Waals surface area contributed by atoms with Crippen LogP contribution in [0.1, 0.15) is 46.5 Å². The van der Waals surface area contributed by atoms with Crippen LogP contribution in [0.5, 0.6) is 0 Å². The van der Waals surface area contributed by atoms with Crippen LogP contribution < -0.4 is 5.32 Å². The van der Waals surface area contributed by atoms with E-state index in [-0.39, 0.29) is 11.8 Å². The fourth-order valence-electron chi connectivity index (χ4n) is 2.42. The smallest absolute Gasteiger partial charge is 0.329 e. The van der Waals surface area contributed by atoms with E-state index in [0.717, 1.165) is 24.8 Å². The highest BCUT2D eigenvalue weighted by molar-refractivity contribution is 5.93. The zero-order chi connectivity index (χ0) is 13.1. The summed E-state index contributed by atoms with van der Waals surface area (Å²) in [5, 5.41) is 12.1. The minimum absolute atomic E-state index is 0.0248. The summed E-state index contributed by atoms with van der Waals surface area (Å²) < 4.78 is 0. The maximum atomic E-state index is 11.7. The van der Waals surface area contributed by atoms with E-state index in [0.29, 0.717) is 6.42 Å². The number of aliphatic carboxylic acids is 1. The summed E-state index contributed by atoms with van der Waals surface area (Å²) >= 11 is 0. The number of carbonyl (C=O) groups excluding carboxylic acids is 1. The molecule has 0 radical (unpaired) electrons. The molecule has 17 heavy (non-hydrogen) atoms. The van der Waals surface area contributed by atoms with Crippen molar-refractivity contribution >= 4 is 11.9 Å². The molecule has 2 unspecified atom stereocenters. The quantitative estimate of drug-likeness (QED) is 0.741. The van der Waals surface area contributed by atoms with Crippen LogP contribution >= 0.6 is 0 Å². The Kier molecular flexibility index (Phi) is 4.32. The molecule has 1 aliphatic carbocycles. The molecule has 0 aromatic rings. The molecule has 1 saturated carbocycles. The number of carboxylic acid groups (broad SMARTS) is 1. The SMILES string of the molecule is CC(C)=CC(=O)NC1(C(=O)O)CCCCC1C. The zero-order valence-corrected chi connectivity index (χ0v) is 10.7. The number of hydrogen-bond donors (Lipinski definition) is 2. The fraction of sp³-hybridized carbons (Fsp3) is 0.692. The average Bonchev–Trinajstić information content (AvgIpc) is 2.19. The maximum absolute atomic E-state index is 11.7. The van der Waals surface area contributed by atoms with Crippen molar-refractivity contribution in [1.82, 2.24) is 5.32 Å². The molecular formula is C13H21NO3. The second kappa shape index (κ2) is 5.34. The van der Waals surface area contributed by atoms with Gasteiger partial charge in [0.25, 0.3) is 0 Å². The van der Waals surface area contributed by atoms with Crippen molar-refractivity contribution in [3.8, 4) is 0 Å². The van der Waals surface area contributed by atoms with Crippen LogP contribution in [-0.4, -0.2) is 22.5 Å². The molecule has 1 amide bonds. The summed E-state index contributed by atoms with van der Waals surface area (Å²) in [5.74, 6) is -1.25. The van der Waals surface area contributed by atoms with Gasteiger partial charge in [0.05, 0.1) is 0 Å². The van der Waals surface area contributed by atoms with Crippen LogP contribution in [0.15, 0.2) is 11.6 Å². The number of rotatable bonds is 3. The third kappa shape index (κ3) is 3.08. The molecule has 2 atom stereocenters. The highest BCUT2D eigenvalue weighted by Gasteiger charge is 2.45. The molecule has 0 bridgehead atoms. The molecule has 1 fully saturated rings. The van der Waals surface area contributed by atoms with Gasteiger partial charge in [0.2, 0.25) is 5.91 Å². The topological polar surface area (TPSA) is 66.4 Å². The van der Waals surface area contributed by atoms with Crippen LogP contribution in [0.3, 0.4) is 0 Å². The van der Waals surface area contributed by atoms with Gasteiger partial charge < -0.3 is 10.4 Å². The lowest BCUT2D eigenvalue weighted by Crippen LogP contribution is -2.59. The minimum Gasteiger partial charge on any atom is -0.479 e. The monoisotopic (exact) mass is 239 g/mol. The molecule has 0 aromatic heterocycles. The Morgan fingerprint density at radius 2 is 2.00 bits per heavy atom. The minimum atomic E-state index is -1.08. The van der Waals surface area contributed by atoms with Crippen molar-refractivity contribution in [2.24, 2.45) is 5.92 Å². The second-order valence-corrected chi connectivity index (χ2v) is 5.13. The van der Waals surface area contributed by atoms with E-state index in [2.05, 4.69) is 5.32 Å². The molecule has 0 spiro atoms. The molecule has 4 heteroatoms. The van der Waals surface area contributed by atoms with Gasteiger partial charge in [0, 0.05) is 6.08 Å². The second-order valence-electron chi connectivity index (χ2n) is 5.13. The molecular weight excluding hydrogens is 218 g/mol. The third-order valence-electron chi connectivity index (χ3n) is 3.45. The number of hydrogen-bond acceptors (Lipinski definition) is 2. The van der Waals surface area contributed by atoms with Crippen LogP contribution in [0.25, 0.3) is 0 Å². The lowest BCUT2D eigenvalue weighted by atomic mass is 9.73.